The van der Waals surface area contributed by atoms with Crippen molar-refractivity contribution in [1.29, 1.82) is 0 Å². The third-order valence-corrected chi connectivity index (χ3v) is 6.72. The number of esters is 1. The van der Waals surface area contributed by atoms with Crippen molar-refractivity contribution < 1.29 is 34.1 Å². The molecule has 1 unspecified atom stereocenters. The Morgan fingerprint density at radius 1 is 0.976 bits per heavy atom. The lowest BCUT2D eigenvalue weighted by Gasteiger charge is -2.26. The topological polar surface area (TPSA) is 113 Å². The second kappa shape index (κ2) is 11.5. The summed E-state index contributed by atoms with van der Waals surface area (Å²) >= 11 is 0. The first-order chi connectivity index (χ1) is 19.3. The highest BCUT2D eigenvalue weighted by atomic mass is 16.5. The quantitative estimate of drug-likeness (QED) is 0.152. The van der Waals surface area contributed by atoms with Crippen LogP contribution in [-0.4, -0.2) is 40.6 Å². The number of aliphatic hydroxyl groups excluding tert-OH is 1. The Balaban J connectivity index is 1.92. The molecule has 0 radical (unpaired) electrons. The molecular weight excluding hydrogens is 522 g/mol. The summed E-state index contributed by atoms with van der Waals surface area (Å²) in [4.78, 5) is 41.0. The minimum absolute atomic E-state index is 0.00506. The second-order valence-corrected chi connectivity index (χ2v) is 11.2. The normalized spacial score (nSPS) is 16.8. The maximum absolute atomic E-state index is 13.6. The first-order valence-electron chi connectivity index (χ1n) is 13.5. The maximum Gasteiger partial charge on any atom is 0.338 e. The highest BCUT2D eigenvalue weighted by Crippen LogP contribution is 2.43. The molecule has 0 aromatic heterocycles. The van der Waals surface area contributed by atoms with Gasteiger partial charge in [-0.1, -0.05) is 39.0 Å². The largest absolute Gasteiger partial charge is 0.508 e. The van der Waals surface area contributed by atoms with Gasteiger partial charge >= 0.3 is 5.97 Å². The van der Waals surface area contributed by atoms with Crippen molar-refractivity contribution in [3.8, 4) is 11.5 Å². The van der Waals surface area contributed by atoms with Gasteiger partial charge in [0.1, 0.15) is 17.3 Å². The Bertz CT molecular complexity index is 1510. The Labute approximate surface area is 239 Å². The number of rotatable bonds is 7. The SMILES string of the molecule is CCOc1ccc(/C(O)=C2/C(=O)C(=O)N(c3cccc(C(=O)OC(C)C)c3)C2c2ccc(O)cc2)cc1C(C)(C)C. The van der Waals surface area contributed by atoms with Gasteiger partial charge in [0.15, 0.2) is 0 Å². The molecule has 0 saturated carbocycles. The van der Waals surface area contributed by atoms with Crippen LogP contribution in [0.1, 0.15) is 74.6 Å². The van der Waals surface area contributed by atoms with E-state index in [-0.39, 0.29) is 39.9 Å². The van der Waals surface area contributed by atoms with Crippen LogP contribution in [0.4, 0.5) is 5.69 Å². The third-order valence-electron chi connectivity index (χ3n) is 6.72. The van der Waals surface area contributed by atoms with Crippen LogP contribution in [0.5, 0.6) is 11.5 Å². The molecule has 0 spiro atoms. The molecule has 3 aromatic rings. The number of carbonyl (C=O) groups is 3. The van der Waals surface area contributed by atoms with Crippen LogP contribution < -0.4 is 9.64 Å². The van der Waals surface area contributed by atoms with Crippen molar-refractivity contribution in [3.63, 3.8) is 0 Å². The van der Waals surface area contributed by atoms with E-state index in [2.05, 4.69) is 0 Å². The zero-order valence-electron chi connectivity index (χ0n) is 24.1. The van der Waals surface area contributed by atoms with E-state index in [0.29, 0.717) is 23.5 Å². The number of aliphatic hydroxyl groups is 1. The number of phenols is 1. The molecular formula is C33H35NO7. The van der Waals surface area contributed by atoms with Crippen LogP contribution in [0, 0.1) is 0 Å². The van der Waals surface area contributed by atoms with E-state index < -0.39 is 23.7 Å². The summed E-state index contributed by atoms with van der Waals surface area (Å²) in [6, 6.07) is 16.5. The van der Waals surface area contributed by atoms with Gasteiger partial charge in [-0.25, -0.2) is 4.79 Å². The zero-order valence-corrected chi connectivity index (χ0v) is 24.1. The average Bonchev–Trinajstić information content (AvgIpc) is 3.18. The van der Waals surface area contributed by atoms with Crippen LogP contribution in [0.3, 0.4) is 0 Å². The van der Waals surface area contributed by atoms with Gasteiger partial charge in [0.05, 0.1) is 29.9 Å². The van der Waals surface area contributed by atoms with Crippen molar-refractivity contribution in [2.45, 2.75) is 59.1 Å². The lowest BCUT2D eigenvalue weighted by molar-refractivity contribution is -0.132. The number of carbonyl (C=O) groups excluding carboxylic acids is 3. The predicted octanol–water partition coefficient (Wildman–Crippen LogP) is 6.28. The number of anilines is 1. The molecule has 2 N–H and O–H groups in total. The smallest absolute Gasteiger partial charge is 0.338 e. The molecule has 1 saturated heterocycles. The molecule has 3 aromatic carbocycles. The van der Waals surface area contributed by atoms with Crippen LogP contribution in [0.25, 0.3) is 5.76 Å². The zero-order chi connectivity index (χ0) is 30.1. The number of Topliss-reactive ketones (excluding diaryl/α,β-unsaturated/α-hetero) is 1. The van der Waals surface area contributed by atoms with E-state index in [1.165, 1.54) is 23.1 Å². The molecule has 8 heteroatoms. The van der Waals surface area contributed by atoms with Gasteiger partial charge in [0.2, 0.25) is 0 Å². The third kappa shape index (κ3) is 5.96. The molecule has 1 aliphatic rings. The molecule has 0 bridgehead atoms. The summed E-state index contributed by atoms with van der Waals surface area (Å²) in [5, 5.41) is 21.5. The van der Waals surface area contributed by atoms with Crippen molar-refractivity contribution in [3.05, 3.63) is 94.6 Å². The molecule has 4 rings (SSSR count). The van der Waals surface area contributed by atoms with E-state index in [4.69, 9.17) is 9.47 Å². The standard InChI is InChI=1S/C33H35NO7/c1-7-40-26-16-13-21(18-25(26)33(4,5)6)29(36)27-28(20-11-14-24(35)15-12-20)34(31(38)30(27)37)23-10-8-9-22(17-23)32(39)41-19(2)3/h8-19,28,35-36H,7H2,1-6H3/b29-27-. The number of benzene rings is 3. The van der Waals surface area contributed by atoms with Gasteiger partial charge in [-0.2, -0.15) is 0 Å². The van der Waals surface area contributed by atoms with Crippen molar-refractivity contribution >= 4 is 29.1 Å². The molecule has 8 nitrogen and oxygen atoms in total. The van der Waals surface area contributed by atoms with Gasteiger partial charge in [-0.05, 0) is 80.3 Å². The van der Waals surface area contributed by atoms with Crippen LogP contribution in [-0.2, 0) is 19.7 Å². The van der Waals surface area contributed by atoms with Gasteiger partial charge in [0, 0.05) is 16.8 Å². The number of nitrogens with zero attached hydrogens (tertiary/aromatic N) is 1. The van der Waals surface area contributed by atoms with E-state index in [9.17, 15) is 24.6 Å². The highest BCUT2D eigenvalue weighted by Gasteiger charge is 2.47. The molecule has 1 amide bonds. The molecule has 214 valence electrons. The van der Waals surface area contributed by atoms with Gasteiger partial charge in [-0.3, -0.25) is 14.5 Å². The molecule has 0 aliphatic carbocycles. The Morgan fingerprint density at radius 2 is 1.66 bits per heavy atom. The Morgan fingerprint density at radius 3 is 2.27 bits per heavy atom. The minimum atomic E-state index is -1.03. The number of hydrogen-bond acceptors (Lipinski definition) is 7. The summed E-state index contributed by atoms with van der Waals surface area (Å²) < 4.78 is 11.1. The highest BCUT2D eigenvalue weighted by molar-refractivity contribution is 6.51. The fourth-order valence-electron chi connectivity index (χ4n) is 4.84. The fourth-order valence-corrected chi connectivity index (χ4v) is 4.84. The lowest BCUT2D eigenvalue weighted by atomic mass is 9.84. The molecule has 1 atom stereocenters. The van der Waals surface area contributed by atoms with E-state index in [1.807, 2.05) is 27.7 Å². The Kier molecular flexibility index (Phi) is 8.24. The van der Waals surface area contributed by atoms with Crippen molar-refractivity contribution in [1.82, 2.24) is 0 Å². The summed E-state index contributed by atoms with van der Waals surface area (Å²) in [5.41, 5.74) is 1.72. The lowest BCUT2D eigenvalue weighted by Crippen LogP contribution is -2.29. The van der Waals surface area contributed by atoms with Crippen LogP contribution in [0.2, 0.25) is 0 Å². The van der Waals surface area contributed by atoms with Crippen LogP contribution in [0.15, 0.2) is 72.3 Å². The summed E-state index contributed by atoms with van der Waals surface area (Å²) in [7, 11) is 0. The maximum atomic E-state index is 13.6. The number of ether oxygens (including phenoxy) is 2. The summed E-state index contributed by atoms with van der Waals surface area (Å²) in [6.45, 7) is 11.9. The number of phenolic OH excluding ortho intramolecular Hbond substituents is 1. The Hall–Kier alpha value is -4.59. The molecule has 1 aliphatic heterocycles. The number of ketones is 1. The van der Waals surface area contributed by atoms with E-state index >= 15 is 0 Å². The van der Waals surface area contributed by atoms with Crippen molar-refractivity contribution in [2.24, 2.45) is 0 Å². The fraction of sp³-hybridized carbons (Fsp3) is 0.303. The molecule has 1 heterocycles. The monoisotopic (exact) mass is 557 g/mol. The predicted molar refractivity (Wildman–Crippen MR) is 156 cm³/mol. The summed E-state index contributed by atoms with van der Waals surface area (Å²) in [6.07, 6.45) is -0.343. The average molecular weight is 558 g/mol. The van der Waals surface area contributed by atoms with Gasteiger partial charge in [-0.15, -0.1) is 0 Å². The second-order valence-electron chi connectivity index (χ2n) is 11.2. The first kappa shape index (κ1) is 29.4. The van der Waals surface area contributed by atoms with Gasteiger partial charge < -0.3 is 19.7 Å². The number of amides is 1. The van der Waals surface area contributed by atoms with Gasteiger partial charge in [0.25, 0.3) is 11.7 Å². The number of aromatic hydroxyl groups is 1. The van der Waals surface area contributed by atoms with Crippen LogP contribution >= 0.6 is 0 Å². The minimum Gasteiger partial charge on any atom is -0.508 e. The summed E-state index contributed by atoms with van der Waals surface area (Å²) in [5.74, 6) is -1.97. The van der Waals surface area contributed by atoms with E-state index in [1.54, 1.807) is 62.4 Å². The number of hydrogen-bond donors (Lipinski definition) is 2. The molecule has 41 heavy (non-hydrogen) atoms. The molecule has 1 fully saturated rings. The van der Waals surface area contributed by atoms with Crippen molar-refractivity contribution in [2.75, 3.05) is 11.5 Å². The first-order valence-corrected chi connectivity index (χ1v) is 13.5. The van der Waals surface area contributed by atoms with E-state index in [0.717, 1.165) is 5.56 Å².